The van der Waals surface area contributed by atoms with Gasteiger partial charge in [-0.25, -0.2) is 0 Å². The first-order valence-electron chi connectivity index (χ1n) is 8.36. The molecule has 0 spiro atoms. The fourth-order valence-electron chi connectivity index (χ4n) is 2.62. The van der Waals surface area contributed by atoms with Crippen LogP contribution < -0.4 is 10.2 Å². The second kappa shape index (κ2) is 9.11. The molecule has 3 nitrogen and oxygen atoms in total. The molecule has 2 aromatic carbocycles. The molecular weight excluding hydrogens is 284 g/mol. The zero-order valence-corrected chi connectivity index (χ0v) is 14.1. The van der Waals surface area contributed by atoms with Crippen molar-refractivity contribution >= 4 is 5.91 Å². The molecule has 1 amide bonds. The highest BCUT2D eigenvalue weighted by Crippen LogP contribution is 2.12. The summed E-state index contributed by atoms with van der Waals surface area (Å²) in [5, 5.41) is 3.04. The van der Waals surface area contributed by atoms with Crippen molar-refractivity contribution in [3.05, 3.63) is 71.3 Å². The fraction of sp³-hybridized carbons (Fsp3) is 0.350. The quantitative estimate of drug-likeness (QED) is 0.715. The summed E-state index contributed by atoms with van der Waals surface area (Å²) in [5.74, 6) is 0.0439. The molecule has 23 heavy (non-hydrogen) atoms. The third kappa shape index (κ3) is 5.87. The van der Waals surface area contributed by atoms with Gasteiger partial charge in [-0.15, -0.1) is 0 Å². The van der Waals surface area contributed by atoms with Crippen molar-refractivity contribution in [3.63, 3.8) is 0 Å². The van der Waals surface area contributed by atoms with E-state index in [9.17, 15) is 4.79 Å². The molecule has 0 saturated carbocycles. The van der Waals surface area contributed by atoms with Crippen LogP contribution in [0.5, 0.6) is 0 Å². The Morgan fingerprint density at radius 2 is 1.65 bits per heavy atom. The summed E-state index contributed by atoms with van der Waals surface area (Å²) in [6, 6.07) is 18.3. The molecule has 0 aliphatic rings. The molecule has 0 saturated heterocycles. The standard InChI is InChI=1S/C20H26N2O/c1-22(2)16-8-15-21-20(23)19-12-7-6-11-18(19)14-13-17-9-4-3-5-10-17/h3-7,9-12H,8,13-16H2,1-2H3,(H,21,23)/p+1. The number of quaternary nitrogens is 1. The lowest BCUT2D eigenvalue weighted by Crippen LogP contribution is -3.05. The highest BCUT2D eigenvalue weighted by Gasteiger charge is 2.10. The Morgan fingerprint density at radius 1 is 0.957 bits per heavy atom. The second-order valence-corrected chi connectivity index (χ2v) is 6.21. The van der Waals surface area contributed by atoms with Crippen molar-refractivity contribution in [1.82, 2.24) is 5.32 Å². The summed E-state index contributed by atoms with van der Waals surface area (Å²) < 4.78 is 0. The fourth-order valence-corrected chi connectivity index (χ4v) is 2.62. The summed E-state index contributed by atoms with van der Waals surface area (Å²) in [7, 11) is 4.25. The lowest BCUT2D eigenvalue weighted by Gasteiger charge is -2.11. The van der Waals surface area contributed by atoms with E-state index in [4.69, 9.17) is 0 Å². The predicted molar refractivity (Wildman–Crippen MR) is 94.9 cm³/mol. The minimum Gasteiger partial charge on any atom is -0.352 e. The minimum atomic E-state index is 0.0439. The average molecular weight is 311 g/mol. The lowest BCUT2D eigenvalue weighted by atomic mass is 9.99. The van der Waals surface area contributed by atoms with E-state index >= 15 is 0 Å². The normalized spacial score (nSPS) is 10.7. The van der Waals surface area contributed by atoms with Crippen LogP contribution in [0.15, 0.2) is 54.6 Å². The topological polar surface area (TPSA) is 33.5 Å². The molecule has 0 fully saturated rings. The summed E-state index contributed by atoms with van der Waals surface area (Å²) >= 11 is 0. The second-order valence-electron chi connectivity index (χ2n) is 6.21. The van der Waals surface area contributed by atoms with Crippen molar-refractivity contribution in [2.45, 2.75) is 19.3 Å². The van der Waals surface area contributed by atoms with Crippen LogP contribution in [0.1, 0.15) is 27.9 Å². The number of aryl methyl sites for hydroxylation is 2. The SMILES string of the molecule is C[NH+](C)CCCNC(=O)c1ccccc1CCc1ccccc1. The predicted octanol–water partition coefficient (Wildman–Crippen LogP) is 1.74. The Morgan fingerprint density at radius 3 is 2.39 bits per heavy atom. The van der Waals surface area contributed by atoms with Crippen LogP contribution in [0.3, 0.4) is 0 Å². The molecule has 0 atom stereocenters. The van der Waals surface area contributed by atoms with Gasteiger partial charge in [-0.05, 0) is 30.0 Å². The molecule has 2 rings (SSSR count). The van der Waals surface area contributed by atoms with Crippen molar-refractivity contribution < 1.29 is 9.69 Å². The van der Waals surface area contributed by atoms with Crippen molar-refractivity contribution in [2.75, 3.05) is 27.2 Å². The van der Waals surface area contributed by atoms with E-state index in [1.807, 2.05) is 24.3 Å². The maximum absolute atomic E-state index is 12.4. The lowest BCUT2D eigenvalue weighted by molar-refractivity contribution is -0.858. The van der Waals surface area contributed by atoms with Gasteiger partial charge in [-0.3, -0.25) is 4.79 Å². The molecule has 0 aliphatic carbocycles. The number of hydrogen-bond donors (Lipinski definition) is 2. The average Bonchev–Trinajstić information content (AvgIpc) is 2.58. The van der Waals surface area contributed by atoms with Gasteiger partial charge in [-0.2, -0.15) is 0 Å². The number of carbonyl (C=O) groups is 1. The first-order valence-corrected chi connectivity index (χ1v) is 8.36. The summed E-state index contributed by atoms with van der Waals surface area (Å²) in [4.78, 5) is 13.8. The van der Waals surface area contributed by atoms with Crippen LogP contribution in [-0.4, -0.2) is 33.1 Å². The van der Waals surface area contributed by atoms with Gasteiger partial charge >= 0.3 is 0 Å². The van der Waals surface area contributed by atoms with Crippen LogP contribution in [0.25, 0.3) is 0 Å². The number of rotatable bonds is 8. The van der Waals surface area contributed by atoms with Crippen molar-refractivity contribution in [3.8, 4) is 0 Å². The van der Waals surface area contributed by atoms with Gasteiger partial charge < -0.3 is 10.2 Å². The van der Waals surface area contributed by atoms with Gasteiger partial charge in [0.05, 0.1) is 20.6 Å². The number of nitrogens with one attached hydrogen (secondary N) is 2. The van der Waals surface area contributed by atoms with Gasteiger partial charge in [0.2, 0.25) is 0 Å². The number of benzene rings is 2. The van der Waals surface area contributed by atoms with E-state index in [0.29, 0.717) is 0 Å². The Balaban J connectivity index is 1.92. The number of carbonyl (C=O) groups excluding carboxylic acids is 1. The third-order valence-electron chi connectivity index (χ3n) is 3.93. The zero-order chi connectivity index (χ0) is 16.5. The minimum absolute atomic E-state index is 0.0439. The molecule has 0 radical (unpaired) electrons. The summed E-state index contributed by atoms with van der Waals surface area (Å²) in [6.45, 7) is 1.80. The highest BCUT2D eigenvalue weighted by atomic mass is 16.1. The molecule has 0 aromatic heterocycles. The molecule has 122 valence electrons. The molecule has 0 aliphatic heterocycles. The Kier molecular flexibility index (Phi) is 6.82. The van der Waals surface area contributed by atoms with Crippen molar-refractivity contribution in [1.29, 1.82) is 0 Å². The maximum atomic E-state index is 12.4. The molecule has 2 aromatic rings. The largest absolute Gasteiger partial charge is 0.352 e. The van der Waals surface area contributed by atoms with Gasteiger partial charge in [0, 0.05) is 18.5 Å². The maximum Gasteiger partial charge on any atom is 0.251 e. The van der Waals surface area contributed by atoms with E-state index < -0.39 is 0 Å². The van der Waals surface area contributed by atoms with Crippen LogP contribution in [-0.2, 0) is 12.8 Å². The first kappa shape index (κ1) is 17.2. The first-order chi connectivity index (χ1) is 11.2. The van der Waals surface area contributed by atoms with E-state index in [-0.39, 0.29) is 5.91 Å². The molecule has 0 heterocycles. The van der Waals surface area contributed by atoms with Crippen LogP contribution in [0.2, 0.25) is 0 Å². The van der Waals surface area contributed by atoms with Gasteiger partial charge in [0.15, 0.2) is 0 Å². The molecular formula is C20H27N2O+. The summed E-state index contributed by atoms with van der Waals surface area (Å²) in [6.07, 6.45) is 2.84. The van der Waals surface area contributed by atoms with Gasteiger partial charge in [0.1, 0.15) is 0 Å². The highest BCUT2D eigenvalue weighted by molar-refractivity contribution is 5.95. The molecule has 2 N–H and O–H groups in total. The molecule has 0 unspecified atom stereocenters. The van der Waals surface area contributed by atoms with E-state index in [1.165, 1.54) is 10.5 Å². The Hall–Kier alpha value is -2.13. The Bertz CT molecular complexity index is 608. The van der Waals surface area contributed by atoms with Crippen molar-refractivity contribution in [2.24, 2.45) is 0 Å². The van der Waals surface area contributed by atoms with E-state index in [0.717, 1.165) is 43.5 Å². The van der Waals surface area contributed by atoms with Crippen LogP contribution >= 0.6 is 0 Å². The zero-order valence-electron chi connectivity index (χ0n) is 14.1. The van der Waals surface area contributed by atoms with E-state index in [2.05, 4.69) is 49.7 Å². The monoisotopic (exact) mass is 311 g/mol. The van der Waals surface area contributed by atoms with Crippen LogP contribution in [0, 0.1) is 0 Å². The third-order valence-corrected chi connectivity index (χ3v) is 3.93. The molecule has 3 heteroatoms. The van der Waals surface area contributed by atoms with E-state index in [1.54, 1.807) is 0 Å². The van der Waals surface area contributed by atoms with Gasteiger partial charge in [0.25, 0.3) is 5.91 Å². The Labute approximate surface area is 139 Å². The number of amides is 1. The van der Waals surface area contributed by atoms with Crippen LogP contribution in [0.4, 0.5) is 0 Å². The number of hydrogen-bond acceptors (Lipinski definition) is 1. The smallest absolute Gasteiger partial charge is 0.251 e. The van der Waals surface area contributed by atoms with Gasteiger partial charge in [-0.1, -0.05) is 48.5 Å². The summed E-state index contributed by atoms with van der Waals surface area (Å²) in [5.41, 5.74) is 3.23. The molecule has 0 bridgehead atoms.